The number of hydrogen-bond acceptors (Lipinski definition) is 2. The lowest BCUT2D eigenvalue weighted by molar-refractivity contribution is -0.117. The van der Waals surface area contributed by atoms with Crippen molar-refractivity contribution in [1.82, 2.24) is 4.90 Å². The van der Waals surface area contributed by atoms with Gasteiger partial charge in [-0.3, -0.25) is 9.69 Å². The predicted molar refractivity (Wildman–Crippen MR) is 107 cm³/mol. The van der Waals surface area contributed by atoms with E-state index < -0.39 is 0 Å². The number of carbonyl (C=O) groups excluding carboxylic acids is 1. The van der Waals surface area contributed by atoms with Crippen LogP contribution in [-0.4, -0.2) is 24.4 Å². The van der Waals surface area contributed by atoms with Crippen LogP contribution in [0.3, 0.4) is 0 Å². The molecule has 0 bridgehead atoms. The first-order chi connectivity index (χ1) is 11.9. The van der Waals surface area contributed by atoms with Gasteiger partial charge in [-0.15, -0.1) is 0 Å². The fourth-order valence-corrected chi connectivity index (χ4v) is 3.29. The standard InChI is InChI=1S/C20H24Cl2N2O/c1-4-14-7-6-8-15(5-2)20(14)23-19(25)13-24(3)12-16-9-10-17(21)11-18(16)22/h6-11H,4-5,12-13H2,1-3H3,(H,23,25). The first-order valence-electron chi connectivity index (χ1n) is 8.47. The van der Waals surface area contributed by atoms with Crippen molar-refractivity contribution in [2.24, 2.45) is 0 Å². The number of carbonyl (C=O) groups is 1. The first kappa shape index (κ1) is 19.8. The number of anilines is 1. The topological polar surface area (TPSA) is 32.3 Å². The number of aryl methyl sites for hydroxylation is 2. The molecule has 2 rings (SSSR count). The van der Waals surface area contributed by atoms with Crippen LogP contribution in [0.25, 0.3) is 0 Å². The minimum Gasteiger partial charge on any atom is -0.324 e. The molecule has 0 aliphatic carbocycles. The smallest absolute Gasteiger partial charge is 0.238 e. The van der Waals surface area contributed by atoms with Gasteiger partial charge < -0.3 is 5.32 Å². The molecule has 0 radical (unpaired) electrons. The molecule has 0 saturated heterocycles. The molecule has 5 heteroatoms. The highest BCUT2D eigenvalue weighted by Gasteiger charge is 2.13. The average molecular weight is 379 g/mol. The van der Waals surface area contributed by atoms with Crippen LogP contribution in [0.15, 0.2) is 36.4 Å². The van der Waals surface area contributed by atoms with Crippen molar-refractivity contribution in [3.05, 3.63) is 63.1 Å². The Hall–Kier alpha value is -1.55. The molecule has 1 amide bonds. The van der Waals surface area contributed by atoms with Gasteiger partial charge in [0, 0.05) is 22.3 Å². The lowest BCUT2D eigenvalue weighted by Gasteiger charge is -2.19. The normalized spacial score (nSPS) is 11.0. The summed E-state index contributed by atoms with van der Waals surface area (Å²) >= 11 is 12.1. The molecule has 0 unspecified atom stereocenters. The van der Waals surface area contributed by atoms with Crippen LogP contribution in [0.4, 0.5) is 5.69 Å². The number of para-hydroxylation sites is 1. The Balaban J connectivity index is 2.02. The van der Waals surface area contributed by atoms with Crippen molar-refractivity contribution in [2.75, 3.05) is 18.9 Å². The van der Waals surface area contributed by atoms with Crippen molar-refractivity contribution in [2.45, 2.75) is 33.2 Å². The van der Waals surface area contributed by atoms with Crippen molar-refractivity contribution in [3.8, 4) is 0 Å². The Morgan fingerprint density at radius 2 is 1.68 bits per heavy atom. The van der Waals surface area contributed by atoms with Crippen molar-refractivity contribution >= 4 is 34.8 Å². The van der Waals surface area contributed by atoms with Gasteiger partial charge in [-0.05, 0) is 48.7 Å². The molecule has 0 heterocycles. The molecule has 2 aromatic carbocycles. The summed E-state index contributed by atoms with van der Waals surface area (Å²) in [6.07, 6.45) is 1.78. The molecule has 3 nitrogen and oxygen atoms in total. The predicted octanol–water partition coefficient (Wildman–Crippen LogP) is 5.19. The minimum atomic E-state index is -0.0248. The summed E-state index contributed by atoms with van der Waals surface area (Å²) in [4.78, 5) is 14.4. The monoisotopic (exact) mass is 378 g/mol. The molecular formula is C20H24Cl2N2O. The van der Waals surface area contributed by atoms with E-state index in [2.05, 4.69) is 31.3 Å². The number of benzene rings is 2. The summed E-state index contributed by atoms with van der Waals surface area (Å²) in [5.74, 6) is -0.0248. The lowest BCUT2D eigenvalue weighted by atomic mass is 10.0. The molecule has 0 aromatic heterocycles. The molecule has 0 spiro atoms. The summed E-state index contributed by atoms with van der Waals surface area (Å²) < 4.78 is 0. The molecule has 0 aliphatic heterocycles. The minimum absolute atomic E-state index is 0.0248. The second-order valence-electron chi connectivity index (χ2n) is 6.11. The lowest BCUT2D eigenvalue weighted by Crippen LogP contribution is -2.30. The molecule has 25 heavy (non-hydrogen) atoms. The van der Waals surface area contributed by atoms with E-state index in [1.807, 2.05) is 30.1 Å². The van der Waals surface area contributed by atoms with E-state index in [0.717, 1.165) is 35.2 Å². The van der Waals surface area contributed by atoms with Gasteiger partial charge in [0.1, 0.15) is 0 Å². The van der Waals surface area contributed by atoms with Crippen LogP contribution in [-0.2, 0) is 24.2 Å². The maximum Gasteiger partial charge on any atom is 0.238 e. The van der Waals surface area contributed by atoms with E-state index >= 15 is 0 Å². The van der Waals surface area contributed by atoms with Crippen LogP contribution >= 0.6 is 23.2 Å². The Morgan fingerprint density at radius 3 is 2.24 bits per heavy atom. The number of halogens is 2. The number of nitrogens with one attached hydrogen (secondary N) is 1. The zero-order chi connectivity index (χ0) is 18.4. The summed E-state index contributed by atoms with van der Waals surface area (Å²) in [5.41, 5.74) is 4.23. The summed E-state index contributed by atoms with van der Waals surface area (Å²) in [6, 6.07) is 11.6. The Morgan fingerprint density at radius 1 is 1.04 bits per heavy atom. The second kappa shape index (κ2) is 9.23. The van der Waals surface area contributed by atoms with Crippen molar-refractivity contribution < 1.29 is 4.79 Å². The highest BCUT2D eigenvalue weighted by Crippen LogP contribution is 2.23. The Labute approximate surface area is 159 Å². The zero-order valence-corrected chi connectivity index (χ0v) is 16.4. The average Bonchev–Trinajstić information content (AvgIpc) is 2.57. The summed E-state index contributed by atoms with van der Waals surface area (Å²) in [5, 5.41) is 4.31. The quantitative estimate of drug-likeness (QED) is 0.718. The number of nitrogens with zero attached hydrogens (tertiary/aromatic N) is 1. The molecule has 134 valence electrons. The highest BCUT2D eigenvalue weighted by molar-refractivity contribution is 6.35. The molecule has 1 N–H and O–H groups in total. The largest absolute Gasteiger partial charge is 0.324 e. The second-order valence-corrected chi connectivity index (χ2v) is 6.96. The summed E-state index contributed by atoms with van der Waals surface area (Å²) in [6.45, 7) is 5.07. The van der Waals surface area contributed by atoms with Crippen molar-refractivity contribution in [3.63, 3.8) is 0 Å². The van der Waals surface area contributed by atoms with Gasteiger partial charge in [-0.2, -0.15) is 0 Å². The zero-order valence-electron chi connectivity index (χ0n) is 14.9. The maximum absolute atomic E-state index is 12.5. The fourth-order valence-electron chi connectivity index (χ4n) is 2.82. The number of rotatable bonds is 7. The molecular weight excluding hydrogens is 355 g/mol. The van der Waals surface area contributed by atoms with E-state index in [4.69, 9.17) is 23.2 Å². The van der Waals surface area contributed by atoms with Gasteiger partial charge in [-0.1, -0.05) is 61.3 Å². The van der Waals surface area contributed by atoms with E-state index in [0.29, 0.717) is 23.1 Å². The van der Waals surface area contributed by atoms with E-state index in [1.54, 1.807) is 6.07 Å². The Bertz CT molecular complexity index is 724. The SMILES string of the molecule is CCc1cccc(CC)c1NC(=O)CN(C)Cc1ccc(Cl)cc1Cl. The van der Waals surface area contributed by atoms with Crippen molar-refractivity contribution in [1.29, 1.82) is 0 Å². The molecule has 0 aliphatic rings. The molecule has 2 aromatic rings. The van der Waals surface area contributed by atoms with Crippen LogP contribution < -0.4 is 5.32 Å². The van der Waals surface area contributed by atoms with Gasteiger partial charge >= 0.3 is 0 Å². The van der Waals surface area contributed by atoms with E-state index in [1.165, 1.54) is 0 Å². The maximum atomic E-state index is 12.5. The number of likely N-dealkylation sites (N-methyl/N-ethyl adjacent to an activating group) is 1. The van der Waals surface area contributed by atoms with Crippen LogP contribution in [0.2, 0.25) is 10.0 Å². The van der Waals surface area contributed by atoms with Gasteiger partial charge in [0.25, 0.3) is 0 Å². The first-order valence-corrected chi connectivity index (χ1v) is 9.23. The molecule has 0 atom stereocenters. The number of amides is 1. The molecule has 0 fully saturated rings. The third-order valence-electron chi connectivity index (χ3n) is 4.13. The van der Waals surface area contributed by atoms with Gasteiger partial charge in [0.15, 0.2) is 0 Å². The van der Waals surface area contributed by atoms with Gasteiger partial charge in [0.05, 0.1) is 6.54 Å². The van der Waals surface area contributed by atoms with Crippen LogP contribution in [0.5, 0.6) is 0 Å². The third-order valence-corrected chi connectivity index (χ3v) is 4.72. The fraction of sp³-hybridized carbons (Fsp3) is 0.350. The molecule has 0 saturated carbocycles. The highest BCUT2D eigenvalue weighted by atomic mass is 35.5. The van der Waals surface area contributed by atoms with Gasteiger partial charge in [0.2, 0.25) is 5.91 Å². The summed E-state index contributed by atoms with van der Waals surface area (Å²) in [7, 11) is 1.90. The van der Waals surface area contributed by atoms with E-state index in [9.17, 15) is 4.79 Å². The van der Waals surface area contributed by atoms with E-state index in [-0.39, 0.29) is 5.91 Å². The van der Waals surface area contributed by atoms with Crippen LogP contribution in [0, 0.1) is 0 Å². The number of hydrogen-bond donors (Lipinski definition) is 1. The van der Waals surface area contributed by atoms with Crippen LogP contribution in [0.1, 0.15) is 30.5 Å². The third kappa shape index (κ3) is 5.46. The van der Waals surface area contributed by atoms with Gasteiger partial charge in [-0.25, -0.2) is 0 Å². The Kier molecular flexibility index (Phi) is 7.30.